The summed E-state index contributed by atoms with van der Waals surface area (Å²) in [5.74, 6) is -0.971. The second-order valence-corrected chi connectivity index (χ2v) is 9.42. The van der Waals surface area contributed by atoms with E-state index in [1.165, 1.54) is 5.56 Å². The van der Waals surface area contributed by atoms with Crippen molar-refractivity contribution >= 4 is 23.5 Å². The van der Waals surface area contributed by atoms with E-state index in [1.54, 1.807) is 0 Å². The minimum Gasteiger partial charge on any atom is -0.494 e. The van der Waals surface area contributed by atoms with Gasteiger partial charge in [0.2, 0.25) is 0 Å². The summed E-state index contributed by atoms with van der Waals surface area (Å²) in [6.07, 6.45) is 4.83. The molecule has 1 unspecified atom stereocenters. The Bertz CT molecular complexity index is 980. The van der Waals surface area contributed by atoms with Crippen LogP contribution in [-0.2, 0) is 22.6 Å². The van der Waals surface area contributed by atoms with Crippen LogP contribution in [-0.4, -0.2) is 41.4 Å². The molecule has 2 aromatic carbocycles. The zero-order valence-electron chi connectivity index (χ0n) is 20.1. The molecule has 35 heavy (non-hydrogen) atoms. The van der Waals surface area contributed by atoms with Crippen LogP contribution in [0.5, 0.6) is 11.5 Å². The molecular weight excluding hydrogens is 470 g/mol. The number of hydrogen-bond donors (Lipinski definition) is 3. The van der Waals surface area contributed by atoms with Crippen molar-refractivity contribution in [3.63, 3.8) is 0 Å². The molecule has 0 heterocycles. The number of aryl methyl sites for hydroxylation is 1. The van der Waals surface area contributed by atoms with Crippen LogP contribution in [0.4, 0.5) is 0 Å². The summed E-state index contributed by atoms with van der Waals surface area (Å²) in [4.78, 5) is 22.9. The van der Waals surface area contributed by atoms with E-state index in [-0.39, 0.29) is 18.9 Å². The van der Waals surface area contributed by atoms with Crippen LogP contribution in [0.3, 0.4) is 0 Å². The monoisotopic (exact) mass is 503 g/mol. The number of rotatable bonds is 14. The molecule has 1 aliphatic carbocycles. The van der Waals surface area contributed by atoms with E-state index in [2.05, 4.69) is 11.4 Å². The first-order chi connectivity index (χ1) is 16.8. The number of aliphatic carboxylic acids is 2. The van der Waals surface area contributed by atoms with Gasteiger partial charge in [0.05, 0.1) is 18.2 Å². The molecular formula is C27H34ClNO6. The fraction of sp³-hybridized carbons (Fsp3) is 0.481. The van der Waals surface area contributed by atoms with Crippen molar-refractivity contribution in [1.82, 2.24) is 5.32 Å². The number of carboxylic acid groups (broad SMARTS) is 2. The Morgan fingerprint density at radius 1 is 1.03 bits per heavy atom. The van der Waals surface area contributed by atoms with Gasteiger partial charge in [0.15, 0.2) is 5.41 Å². The van der Waals surface area contributed by atoms with E-state index in [0.717, 1.165) is 42.7 Å². The molecule has 1 atom stereocenters. The largest absolute Gasteiger partial charge is 0.494 e. The Morgan fingerprint density at radius 3 is 2.37 bits per heavy atom. The Balaban J connectivity index is 1.32. The highest BCUT2D eigenvalue weighted by atomic mass is 35.5. The van der Waals surface area contributed by atoms with Crippen molar-refractivity contribution in [2.24, 2.45) is 5.41 Å². The number of nitrogens with one attached hydrogen (secondary N) is 1. The Morgan fingerprint density at radius 2 is 1.74 bits per heavy atom. The van der Waals surface area contributed by atoms with Crippen molar-refractivity contribution in [2.45, 2.75) is 64.5 Å². The van der Waals surface area contributed by atoms with Gasteiger partial charge in [-0.3, -0.25) is 9.59 Å². The Hall–Kier alpha value is -2.77. The van der Waals surface area contributed by atoms with Gasteiger partial charge in [-0.25, -0.2) is 0 Å². The summed E-state index contributed by atoms with van der Waals surface area (Å²) < 4.78 is 11.3. The predicted molar refractivity (Wildman–Crippen MR) is 134 cm³/mol. The Kier molecular flexibility index (Phi) is 9.81. The molecule has 3 rings (SSSR count). The van der Waals surface area contributed by atoms with Crippen LogP contribution in [0.15, 0.2) is 42.5 Å². The van der Waals surface area contributed by atoms with E-state index >= 15 is 0 Å². The number of carboxylic acids is 2. The van der Waals surface area contributed by atoms with Crippen LogP contribution < -0.4 is 14.8 Å². The summed E-state index contributed by atoms with van der Waals surface area (Å²) in [5.41, 5.74) is 0.573. The average molecular weight is 504 g/mol. The lowest BCUT2D eigenvalue weighted by molar-refractivity contribution is -0.164. The highest BCUT2D eigenvalue weighted by molar-refractivity contribution is 6.32. The third-order valence-electron chi connectivity index (χ3n) is 6.53. The van der Waals surface area contributed by atoms with Crippen LogP contribution in [0.2, 0.25) is 5.02 Å². The maximum absolute atomic E-state index is 11.4. The molecule has 3 N–H and O–H groups in total. The lowest BCUT2D eigenvalue weighted by Crippen LogP contribution is -2.39. The SMILES string of the molecule is CCOc1ccc(CCCCCOc2ccc(CNC3CCC(C(=O)O)(C(=O)O)C3)cc2)cc1Cl. The molecule has 2 aromatic rings. The van der Waals surface area contributed by atoms with Crippen LogP contribution in [0.25, 0.3) is 0 Å². The molecule has 0 amide bonds. The summed E-state index contributed by atoms with van der Waals surface area (Å²) in [5, 5.41) is 22.6. The quantitative estimate of drug-likeness (QED) is 0.236. The van der Waals surface area contributed by atoms with E-state index < -0.39 is 17.4 Å². The zero-order valence-corrected chi connectivity index (χ0v) is 20.9. The second kappa shape index (κ2) is 12.8. The van der Waals surface area contributed by atoms with Crippen molar-refractivity contribution in [2.75, 3.05) is 13.2 Å². The third kappa shape index (κ3) is 7.36. The molecule has 0 aromatic heterocycles. The van der Waals surface area contributed by atoms with Crippen molar-refractivity contribution in [1.29, 1.82) is 0 Å². The normalized spacial score (nSPS) is 16.7. The summed E-state index contributed by atoms with van der Waals surface area (Å²) in [6, 6.07) is 13.6. The van der Waals surface area contributed by atoms with Crippen LogP contribution in [0.1, 0.15) is 56.6 Å². The van der Waals surface area contributed by atoms with Crippen molar-refractivity contribution < 1.29 is 29.3 Å². The minimum absolute atomic E-state index is 0.102. The second-order valence-electron chi connectivity index (χ2n) is 9.01. The third-order valence-corrected chi connectivity index (χ3v) is 6.82. The number of hydrogen-bond acceptors (Lipinski definition) is 5. The lowest BCUT2D eigenvalue weighted by atomic mass is 9.86. The molecule has 8 heteroatoms. The molecule has 190 valence electrons. The van der Waals surface area contributed by atoms with Gasteiger partial charge in [-0.1, -0.05) is 29.8 Å². The summed E-state index contributed by atoms with van der Waals surface area (Å²) in [6.45, 7) is 3.74. The maximum Gasteiger partial charge on any atom is 0.321 e. The van der Waals surface area contributed by atoms with Gasteiger partial charge in [-0.15, -0.1) is 0 Å². The number of benzene rings is 2. The fourth-order valence-electron chi connectivity index (χ4n) is 4.44. The molecule has 1 fully saturated rings. The average Bonchev–Trinajstić information content (AvgIpc) is 3.29. The fourth-order valence-corrected chi connectivity index (χ4v) is 4.69. The molecule has 1 saturated carbocycles. The van der Waals surface area contributed by atoms with Crippen LogP contribution in [0, 0.1) is 5.41 Å². The van der Waals surface area contributed by atoms with E-state index in [0.29, 0.717) is 31.2 Å². The predicted octanol–water partition coefficient (Wildman–Crippen LogP) is 5.33. The standard InChI is InChI=1S/C27H34ClNO6/c1-2-34-24-12-9-19(16-23(24)28)6-4-3-5-15-35-22-10-7-20(8-11-22)18-29-21-13-14-27(17-21,25(30)31)26(32)33/h7-12,16,21,29H,2-6,13-15,17-18H2,1H3,(H,30,31)(H,32,33). The number of carbonyl (C=O) groups is 2. The van der Waals surface area contributed by atoms with Gasteiger partial charge in [0.1, 0.15) is 11.5 Å². The smallest absolute Gasteiger partial charge is 0.321 e. The Labute approximate surface area is 211 Å². The molecule has 1 aliphatic rings. The first kappa shape index (κ1) is 26.8. The topological polar surface area (TPSA) is 105 Å². The molecule has 0 spiro atoms. The summed E-state index contributed by atoms with van der Waals surface area (Å²) >= 11 is 6.24. The first-order valence-corrected chi connectivity index (χ1v) is 12.5. The number of ether oxygens (including phenoxy) is 2. The van der Waals surface area contributed by atoms with Gasteiger partial charge in [0, 0.05) is 12.6 Å². The van der Waals surface area contributed by atoms with E-state index in [9.17, 15) is 19.8 Å². The highest BCUT2D eigenvalue weighted by Gasteiger charge is 2.51. The van der Waals surface area contributed by atoms with E-state index in [1.807, 2.05) is 43.3 Å². The van der Waals surface area contributed by atoms with Gasteiger partial charge >= 0.3 is 11.9 Å². The lowest BCUT2D eigenvalue weighted by Gasteiger charge is -2.19. The number of halogens is 1. The first-order valence-electron chi connectivity index (χ1n) is 12.2. The molecule has 0 radical (unpaired) electrons. The minimum atomic E-state index is -1.67. The van der Waals surface area contributed by atoms with Gasteiger partial charge < -0.3 is 25.0 Å². The molecule has 0 aliphatic heterocycles. The highest BCUT2D eigenvalue weighted by Crippen LogP contribution is 2.39. The zero-order chi connectivity index (χ0) is 25.3. The molecule has 7 nitrogen and oxygen atoms in total. The molecule has 0 bridgehead atoms. The number of unbranched alkanes of at least 4 members (excludes halogenated alkanes) is 2. The molecule has 0 saturated heterocycles. The van der Waals surface area contributed by atoms with Gasteiger partial charge in [-0.05, 0) is 87.3 Å². The maximum atomic E-state index is 11.4. The van der Waals surface area contributed by atoms with E-state index in [4.69, 9.17) is 21.1 Å². The van der Waals surface area contributed by atoms with Gasteiger partial charge in [-0.2, -0.15) is 0 Å². The van der Waals surface area contributed by atoms with Crippen molar-refractivity contribution in [3.05, 3.63) is 58.6 Å². The van der Waals surface area contributed by atoms with Crippen molar-refractivity contribution in [3.8, 4) is 11.5 Å². The summed E-state index contributed by atoms with van der Waals surface area (Å²) in [7, 11) is 0. The van der Waals surface area contributed by atoms with Crippen LogP contribution >= 0.6 is 11.6 Å². The van der Waals surface area contributed by atoms with Gasteiger partial charge in [0.25, 0.3) is 0 Å².